The molecule has 7 heteroatoms. The summed E-state index contributed by atoms with van der Waals surface area (Å²) >= 11 is 0. The van der Waals surface area contributed by atoms with Gasteiger partial charge in [0.05, 0.1) is 6.61 Å². The Morgan fingerprint density at radius 1 is 1.08 bits per heavy atom. The summed E-state index contributed by atoms with van der Waals surface area (Å²) in [5, 5.41) is 14.8. The predicted octanol–water partition coefficient (Wildman–Crippen LogP) is 2.30. The highest BCUT2D eigenvalue weighted by molar-refractivity contribution is 6.27. The number of ether oxygens (including phenoxy) is 1. The molecule has 1 aromatic carbocycles. The maximum Gasteiger partial charge on any atom is 0.414 e. The number of Topliss-reactive ketones (excluding diaryl/α,β-unsaturated/α-hetero) is 1. The van der Waals surface area contributed by atoms with Crippen molar-refractivity contribution in [3.8, 4) is 5.75 Å². The van der Waals surface area contributed by atoms with Crippen LogP contribution >= 0.6 is 0 Å². The van der Waals surface area contributed by atoms with Gasteiger partial charge in [0.2, 0.25) is 0 Å². The van der Waals surface area contributed by atoms with E-state index in [1.807, 2.05) is 24.3 Å². The van der Waals surface area contributed by atoms with Gasteiger partial charge in [0.15, 0.2) is 5.78 Å². The molecule has 0 aliphatic carbocycles. The molecule has 138 valence electrons. The Morgan fingerprint density at radius 2 is 1.72 bits per heavy atom. The minimum absolute atomic E-state index is 0.0822. The van der Waals surface area contributed by atoms with Gasteiger partial charge in [0, 0.05) is 12.1 Å². The van der Waals surface area contributed by atoms with Crippen LogP contribution in [0.15, 0.2) is 24.3 Å². The van der Waals surface area contributed by atoms with Crippen molar-refractivity contribution in [2.75, 3.05) is 26.2 Å². The van der Waals surface area contributed by atoms with Crippen molar-refractivity contribution < 1.29 is 29.3 Å². The molecule has 1 saturated heterocycles. The van der Waals surface area contributed by atoms with Crippen molar-refractivity contribution in [3.63, 3.8) is 0 Å². The highest BCUT2D eigenvalue weighted by Gasteiger charge is 2.09. The first-order valence-electron chi connectivity index (χ1n) is 8.32. The van der Waals surface area contributed by atoms with E-state index in [1.165, 1.54) is 32.4 Å². The zero-order valence-corrected chi connectivity index (χ0v) is 14.4. The highest BCUT2D eigenvalue weighted by Crippen LogP contribution is 2.14. The van der Waals surface area contributed by atoms with E-state index in [9.17, 15) is 4.79 Å². The summed E-state index contributed by atoms with van der Waals surface area (Å²) in [7, 11) is 0. The molecule has 0 amide bonds. The molecule has 0 aromatic heterocycles. The second kappa shape index (κ2) is 11.2. The third-order valence-corrected chi connectivity index (χ3v) is 3.76. The lowest BCUT2D eigenvalue weighted by atomic mass is 10.1. The lowest BCUT2D eigenvalue weighted by Crippen LogP contribution is -2.31. The highest BCUT2D eigenvalue weighted by atomic mass is 16.5. The Morgan fingerprint density at radius 3 is 2.28 bits per heavy atom. The molecule has 0 spiro atoms. The topological polar surface area (TPSA) is 104 Å². The monoisotopic (exact) mass is 351 g/mol. The van der Waals surface area contributed by atoms with Crippen LogP contribution in [0.3, 0.4) is 0 Å². The van der Waals surface area contributed by atoms with Gasteiger partial charge in [-0.2, -0.15) is 0 Å². The van der Waals surface area contributed by atoms with Crippen molar-refractivity contribution in [3.05, 3.63) is 29.8 Å². The van der Waals surface area contributed by atoms with E-state index in [1.54, 1.807) is 6.92 Å². The van der Waals surface area contributed by atoms with E-state index in [2.05, 4.69) is 4.90 Å². The van der Waals surface area contributed by atoms with Gasteiger partial charge in [-0.3, -0.25) is 4.79 Å². The van der Waals surface area contributed by atoms with Gasteiger partial charge in [0.25, 0.3) is 0 Å². The summed E-state index contributed by atoms with van der Waals surface area (Å²) in [4.78, 5) is 32.0. The number of hydrogen-bond acceptors (Lipinski definition) is 5. The van der Waals surface area contributed by atoms with Gasteiger partial charge in [-0.25, -0.2) is 9.59 Å². The fraction of sp³-hybridized carbons (Fsp3) is 0.500. The SMILES string of the molecule is CC(=O)c1cccc(OCCCN2CCCCC2)c1.O=C(O)C(=O)O. The fourth-order valence-electron chi connectivity index (χ4n) is 2.47. The number of aliphatic carboxylic acids is 2. The van der Waals surface area contributed by atoms with Gasteiger partial charge in [-0.15, -0.1) is 0 Å². The molecule has 0 radical (unpaired) electrons. The Bertz CT molecular complexity index is 569. The zero-order valence-electron chi connectivity index (χ0n) is 14.4. The van der Waals surface area contributed by atoms with E-state index in [4.69, 9.17) is 24.5 Å². The average Bonchev–Trinajstić information content (AvgIpc) is 2.60. The van der Waals surface area contributed by atoms with Crippen LogP contribution in [-0.2, 0) is 9.59 Å². The number of rotatable bonds is 6. The molecular formula is C18H25NO6. The second-order valence-electron chi connectivity index (χ2n) is 5.80. The van der Waals surface area contributed by atoms with Crippen molar-refractivity contribution in [1.82, 2.24) is 4.90 Å². The largest absolute Gasteiger partial charge is 0.494 e. The van der Waals surface area contributed by atoms with Crippen molar-refractivity contribution in [2.24, 2.45) is 0 Å². The van der Waals surface area contributed by atoms with Crippen LogP contribution in [0.4, 0.5) is 0 Å². The number of benzene rings is 1. The third-order valence-electron chi connectivity index (χ3n) is 3.76. The first kappa shape index (κ1) is 20.6. The zero-order chi connectivity index (χ0) is 18.7. The summed E-state index contributed by atoms with van der Waals surface area (Å²) < 4.78 is 5.71. The van der Waals surface area contributed by atoms with E-state index >= 15 is 0 Å². The van der Waals surface area contributed by atoms with Crippen LogP contribution in [0, 0.1) is 0 Å². The molecule has 0 atom stereocenters. The Balaban J connectivity index is 0.000000450. The quantitative estimate of drug-likeness (QED) is 0.460. The van der Waals surface area contributed by atoms with Crippen LogP contribution in [0.2, 0.25) is 0 Å². The number of hydrogen-bond donors (Lipinski definition) is 2. The Hall–Kier alpha value is -2.41. The molecule has 1 heterocycles. The maximum atomic E-state index is 11.3. The first-order valence-corrected chi connectivity index (χ1v) is 8.32. The van der Waals surface area contributed by atoms with Crippen LogP contribution < -0.4 is 4.74 Å². The molecule has 1 aliphatic heterocycles. The van der Waals surface area contributed by atoms with Crippen LogP contribution in [0.25, 0.3) is 0 Å². The standard InChI is InChI=1S/C16H23NO2.C2H2O4/c1-14(18)15-7-5-8-16(13-15)19-12-6-11-17-9-3-2-4-10-17;3-1(4)2(5)6/h5,7-8,13H,2-4,6,9-12H2,1H3;(H,3,4)(H,5,6). The minimum Gasteiger partial charge on any atom is -0.494 e. The summed E-state index contributed by atoms with van der Waals surface area (Å²) in [6, 6.07) is 7.43. The number of likely N-dealkylation sites (tertiary alicyclic amines) is 1. The molecule has 1 aliphatic rings. The van der Waals surface area contributed by atoms with Gasteiger partial charge >= 0.3 is 11.9 Å². The number of piperidine rings is 1. The third kappa shape index (κ3) is 8.85. The Labute approximate surface area is 147 Å². The van der Waals surface area contributed by atoms with E-state index in [0.29, 0.717) is 5.56 Å². The lowest BCUT2D eigenvalue weighted by molar-refractivity contribution is -0.159. The molecule has 2 N–H and O–H groups in total. The molecule has 0 unspecified atom stereocenters. The smallest absolute Gasteiger partial charge is 0.414 e. The molecule has 1 fully saturated rings. The summed E-state index contributed by atoms with van der Waals surface area (Å²) in [6.07, 6.45) is 5.10. The van der Waals surface area contributed by atoms with E-state index in [0.717, 1.165) is 25.3 Å². The van der Waals surface area contributed by atoms with Crippen LogP contribution in [-0.4, -0.2) is 59.1 Å². The van der Waals surface area contributed by atoms with Gasteiger partial charge in [-0.1, -0.05) is 18.6 Å². The summed E-state index contributed by atoms with van der Waals surface area (Å²) in [6.45, 7) is 5.89. The Kier molecular flexibility index (Phi) is 9.24. The number of carboxylic acids is 2. The van der Waals surface area contributed by atoms with E-state index in [-0.39, 0.29) is 5.78 Å². The number of carbonyl (C=O) groups is 3. The molecule has 0 bridgehead atoms. The second-order valence-corrected chi connectivity index (χ2v) is 5.80. The lowest BCUT2D eigenvalue weighted by Gasteiger charge is -2.26. The summed E-state index contributed by atoms with van der Waals surface area (Å²) in [5.74, 6) is -2.77. The van der Waals surface area contributed by atoms with Crippen LogP contribution in [0.1, 0.15) is 43.0 Å². The minimum atomic E-state index is -1.82. The fourth-order valence-corrected chi connectivity index (χ4v) is 2.47. The first-order chi connectivity index (χ1) is 11.9. The molecule has 1 aromatic rings. The number of ketones is 1. The molecule has 25 heavy (non-hydrogen) atoms. The summed E-state index contributed by atoms with van der Waals surface area (Å²) in [5.41, 5.74) is 0.716. The van der Waals surface area contributed by atoms with Crippen LogP contribution in [0.5, 0.6) is 5.75 Å². The molecule has 7 nitrogen and oxygen atoms in total. The van der Waals surface area contributed by atoms with Gasteiger partial charge in [0.1, 0.15) is 5.75 Å². The normalized spacial score (nSPS) is 14.1. The van der Waals surface area contributed by atoms with Gasteiger partial charge < -0.3 is 19.8 Å². The molecule has 0 saturated carbocycles. The van der Waals surface area contributed by atoms with Crippen molar-refractivity contribution in [2.45, 2.75) is 32.6 Å². The maximum absolute atomic E-state index is 11.3. The van der Waals surface area contributed by atoms with Gasteiger partial charge in [-0.05, 0) is 51.4 Å². The van der Waals surface area contributed by atoms with E-state index < -0.39 is 11.9 Å². The predicted molar refractivity (Wildman–Crippen MR) is 92.1 cm³/mol. The average molecular weight is 351 g/mol. The van der Waals surface area contributed by atoms with Crippen molar-refractivity contribution >= 4 is 17.7 Å². The molecule has 2 rings (SSSR count). The number of nitrogens with zero attached hydrogens (tertiary/aromatic N) is 1. The molecular weight excluding hydrogens is 326 g/mol. The van der Waals surface area contributed by atoms with Crippen molar-refractivity contribution in [1.29, 1.82) is 0 Å². The number of carboxylic acid groups (broad SMARTS) is 2. The number of carbonyl (C=O) groups excluding carboxylic acids is 1.